The lowest BCUT2D eigenvalue weighted by molar-refractivity contribution is 0.0881. The molecule has 1 aromatic carbocycles. The summed E-state index contributed by atoms with van der Waals surface area (Å²) in [5.74, 6) is 1.63. The smallest absolute Gasteiger partial charge is 0.213 e. The van der Waals surface area contributed by atoms with Gasteiger partial charge in [-0.2, -0.15) is 0 Å². The molecule has 0 amide bonds. The van der Waals surface area contributed by atoms with Gasteiger partial charge in [-0.15, -0.1) is 0 Å². The van der Waals surface area contributed by atoms with Crippen molar-refractivity contribution in [1.29, 1.82) is 0 Å². The third kappa shape index (κ3) is 3.98. The first-order chi connectivity index (χ1) is 10.7. The van der Waals surface area contributed by atoms with Crippen LogP contribution in [0, 0.1) is 0 Å². The Balaban J connectivity index is 1.45. The normalized spacial score (nSPS) is 21.7. The highest BCUT2D eigenvalue weighted by atomic mass is 16.5. The number of hydrogen-bond acceptors (Lipinski definition) is 4. The van der Waals surface area contributed by atoms with Gasteiger partial charge in [0.1, 0.15) is 18.0 Å². The molecule has 4 nitrogen and oxygen atoms in total. The predicted octanol–water partition coefficient (Wildman–Crippen LogP) is 3.00. The molecule has 1 unspecified atom stereocenters. The van der Waals surface area contributed by atoms with E-state index in [9.17, 15) is 0 Å². The number of aromatic nitrogens is 1. The van der Waals surface area contributed by atoms with Crippen molar-refractivity contribution in [2.45, 2.75) is 18.9 Å². The summed E-state index contributed by atoms with van der Waals surface area (Å²) in [6, 6.07) is 15.7. The quantitative estimate of drug-likeness (QED) is 0.821. The minimum Gasteiger partial charge on any atom is -0.492 e. The summed E-state index contributed by atoms with van der Waals surface area (Å²) in [6.45, 7) is 5.70. The van der Waals surface area contributed by atoms with Gasteiger partial charge in [0.15, 0.2) is 0 Å². The van der Waals surface area contributed by atoms with Crippen LogP contribution in [0.2, 0.25) is 0 Å². The van der Waals surface area contributed by atoms with E-state index in [4.69, 9.17) is 9.47 Å². The summed E-state index contributed by atoms with van der Waals surface area (Å²) in [5, 5.41) is 0. The molecule has 0 saturated carbocycles. The fourth-order valence-corrected chi connectivity index (χ4v) is 2.77. The molecule has 1 fully saturated rings. The monoisotopic (exact) mass is 298 g/mol. The van der Waals surface area contributed by atoms with Crippen LogP contribution in [-0.2, 0) is 0 Å². The highest BCUT2D eigenvalue weighted by molar-refractivity contribution is 5.20. The minimum atomic E-state index is -0.166. The van der Waals surface area contributed by atoms with Crippen LogP contribution in [0.15, 0.2) is 54.7 Å². The molecule has 1 aliphatic heterocycles. The second-order valence-corrected chi connectivity index (χ2v) is 5.91. The molecule has 0 aliphatic carbocycles. The number of benzene rings is 1. The largest absolute Gasteiger partial charge is 0.492 e. The molecule has 0 bridgehead atoms. The van der Waals surface area contributed by atoms with E-state index < -0.39 is 0 Å². The summed E-state index contributed by atoms with van der Waals surface area (Å²) in [6.07, 6.45) is 2.77. The first-order valence-corrected chi connectivity index (χ1v) is 7.74. The van der Waals surface area contributed by atoms with Crippen LogP contribution in [0.1, 0.15) is 13.3 Å². The Bertz CT molecular complexity index is 576. The zero-order valence-corrected chi connectivity index (χ0v) is 12.9. The number of rotatable bonds is 6. The Morgan fingerprint density at radius 1 is 1.14 bits per heavy atom. The standard InChI is InChI=1S/C18H22N2O2/c1-18(22-17-9-5-6-11-19-17)10-12-20(15-18)13-14-21-16-7-3-2-4-8-16/h2-9,11H,10,12-15H2,1H3. The molecule has 1 saturated heterocycles. The van der Waals surface area contributed by atoms with E-state index in [1.165, 1.54) is 0 Å². The fourth-order valence-electron chi connectivity index (χ4n) is 2.77. The van der Waals surface area contributed by atoms with E-state index in [-0.39, 0.29) is 5.60 Å². The van der Waals surface area contributed by atoms with E-state index in [0.29, 0.717) is 12.5 Å². The molecule has 2 aromatic rings. The lowest BCUT2D eigenvalue weighted by Crippen LogP contribution is -2.37. The topological polar surface area (TPSA) is 34.6 Å². The van der Waals surface area contributed by atoms with Crippen molar-refractivity contribution in [3.8, 4) is 11.6 Å². The predicted molar refractivity (Wildman–Crippen MR) is 86.3 cm³/mol. The summed E-state index contributed by atoms with van der Waals surface area (Å²) in [4.78, 5) is 6.63. The van der Waals surface area contributed by atoms with Crippen molar-refractivity contribution in [3.63, 3.8) is 0 Å². The van der Waals surface area contributed by atoms with Gasteiger partial charge in [-0.25, -0.2) is 4.98 Å². The lowest BCUT2D eigenvalue weighted by atomic mass is 10.1. The zero-order valence-electron chi connectivity index (χ0n) is 12.9. The van der Waals surface area contributed by atoms with Crippen LogP contribution in [0.5, 0.6) is 11.6 Å². The molecule has 4 heteroatoms. The van der Waals surface area contributed by atoms with Crippen LogP contribution in [0.3, 0.4) is 0 Å². The molecule has 1 atom stereocenters. The lowest BCUT2D eigenvalue weighted by Gasteiger charge is -2.25. The molecule has 3 rings (SSSR count). The maximum Gasteiger partial charge on any atom is 0.213 e. The highest BCUT2D eigenvalue weighted by Gasteiger charge is 2.35. The maximum atomic E-state index is 6.06. The van der Waals surface area contributed by atoms with Crippen molar-refractivity contribution >= 4 is 0 Å². The number of para-hydroxylation sites is 1. The number of hydrogen-bond donors (Lipinski definition) is 0. The van der Waals surface area contributed by atoms with Crippen molar-refractivity contribution in [3.05, 3.63) is 54.7 Å². The maximum absolute atomic E-state index is 6.06. The first-order valence-electron chi connectivity index (χ1n) is 7.74. The summed E-state index contributed by atoms with van der Waals surface area (Å²) in [7, 11) is 0. The molecule has 116 valence electrons. The van der Waals surface area contributed by atoms with Crippen LogP contribution >= 0.6 is 0 Å². The average Bonchev–Trinajstić information content (AvgIpc) is 2.90. The van der Waals surface area contributed by atoms with Gasteiger partial charge in [-0.3, -0.25) is 4.90 Å². The van der Waals surface area contributed by atoms with Crippen LogP contribution in [0.25, 0.3) is 0 Å². The average molecular weight is 298 g/mol. The Morgan fingerprint density at radius 2 is 1.95 bits per heavy atom. The molecule has 1 aromatic heterocycles. The van der Waals surface area contributed by atoms with Crippen molar-refractivity contribution in [1.82, 2.24) is 9.88 Å². The second-order valence-electron chi connectivity index (χ2n) is 5.91. The van der Waals surface area contributed by atoms with Crippen molar-refractivity contribution < 1.29 is 9.47 Å². The number of likely N-dealkylation sites (tertiary alicyclic amines) is 1. The zero-order chi connectivity index (χ0) is 15.3. The van der Waals surface area contributed by atoms with Gasteiger partial charge < -0.3 is 9.47 Å². The van der Waals surface area contributed by atoms with Crippen molar-refractivity contribution in [2.24, 2.45) is 0 Å². The van der Waals surface area contributed by atoms with Crippen LogP contribution in [-0.4, -0.2) is 41.7 Å². The number of ether oxygens (including phenoxy) is 2. The molecule has 0 spiro atoms. The van der Waals surface area contributed by atoms with Gasteiger partial charge in [0.25, 0.3) is 0 Å². The Hall–Kier alpha value is -2.07. The van der Waals surface area contributed by atoms with Crippen molar-refractivity contribution in [2.75, 3.05) is 26.2 Å². The number of nitrogens with zero attached hydrogens (tertiary/aromatic N) is 2. The Morgan fingerprint density at radius 3 is 2.73 bits per heavy atom. The third-order valence-electron chi connectivity index (χ3n) is 3.92. The van der Waals surface area contributed by atoms with Gasteiger partial charge in [-0.05, 0) is 25.1 Å². The van der Waals surface area contributed by atoms with Gasteiger partial charge in [-0.1, -0.05) is 24.3 Å². The van der Waals surface area contributed by atoms with Crippen LogP contribution < -0.4 is 9.47 Å². The van der Waals surface area contributed by atoms with E-state index in [2.05, 4.69) is 16.8 Å². The summed E-state index contributed by atoms with van der Waals surface area (Å²) < 4.78 is 11.8. The SMILES string of the molecule is CC1(Oc2ccccn2)CCN(CCOc2ccccc2)C1. The molecular formula is C18H22N2O2. The minimum absolute atomic E-state index is 0.166. The second kappa shape index (κ2) is 6.79. The van der Waals surface area contributed by atoms with E-state index in [1.807, 2.05) is 48.5 Å². The molecule has 0 N–H and O–H groups in total. The highest BCUT2D eigenvalue weighted by Crippen LogP contribution is 2.26. The molecule has 22 heavy (non-hydrogen) atoms. The molecular weight excluding hydrogens is 276 g/mol. The molecule has 0 radical (unpaired) electrons. The fraction of sp³-hybridized carbons (Fsp3) is 0.389. The van der Waals surface area contributed by atoms with Gasteiger partial charge >= 0.3 is 0 Å². The molecule has 2 heterocycles. The van der Waals surface area contributed by atoms with E-state index in [0.717, 1.165) is 31.8 Å². The van der Waals surface area contributed by atoms with Crippen LogP contribution in [0.4, 0.5) is 0 Å². The van der Waals surface area contributed by atoms with Gasteiger partial charge in [0.05, 0.1) is 0 Å². The summed E-state index contributed by atoms with van der Waals surface area (Å²) in [5.41, 5.74) is -0.166. The molecule has 1 aliphatic rings. The third-order valence-corrected chi connectivity index (χ3v) is 3.92. The Labute approximate surface area is 131 Å². The van der Waals surface area contributed by atoms with Gasteiger partial charge in [0, 0.05) is 38.3 Å². The Kier molecular flexibility index (Phi) is 4.59. The van der Waals surface area contributed by atoms with Gasteiger partial charge in [0.2, 0.25) is 5.88 Å². The number of pyridine rings is 1. The van der Waals surface area contributed by atoms with E-state index >= 15 is 0 Å². The summed E-state index contributed by atoms with van der Waals surface area (Å²) >= 11 is 0. The first kappa shape index (κ1) is 14.9. The van der Waals surface area contributed by atoms with E-state index in [1.54, 1.807) is 6.20 Å².